The van der Waals surface area contributed by atoms with Crippen LogP contribution in [-0.4, -0.2) is 45.2 Å². The molecule has 1 heterocycles. The van der Waals surface area contributed by atoms with E-state index in [1.54, 1.807) is 14.0 Å². The maximum atomic E-state index is 13.7. The lowest BCUT2D eigenvalue weighted by Crippen LogP contribution is -3.19. The van der Waals surface area contributed by atoms with Crippen LogP contribution < -0.4 is 19.9 Å². The number of methoxy groups -OCH3 is 1. The van der Waals surface area contributed by atoms with Crippen molar-refractivity contribution in [2.24, 2.45) is 0 Å². The number of nitrogens with one attached hydrogen (secondary N) is 2. The second kappa shape index (κ2) is 8.35. The lowest BCUT2D eigenvalue weighted by molar-refractivity contribution is -0.914. The molecule has 1 saturated heterocycles. The average Bonchev–Trinajstić information content (AvgIpc) is 2.70. The van der Waals surface area contributed by atoms with Crippen LogP contribution in [0.5, 0.6) is 5.75 Å². The van der Waals surface area contributed by atoms with Crippen LogP contribution in [-0.2, 0) is 4.79 Å². The summed E-state index contributed by atoms with van der Waals surface area (Å²) in [5, 5.41) is 2.39. The number of quaternary nitrogens is 1. The average molecular weight is 376 g/mol. The number of piperazine rings is 1. The summed E-state index contributed by atoms with van der Waals surface area (Å²) in [5.74, 6) is -1.11. The number of halogens is 2. The molecule has 2 aromatic carbocycles. The quantitative estimate of drug-likeness (QED) is 0.835. The van der Waals surface area contributed by atoms with Crippen LogP contribution in [0.15, 0.2) is 42.5 Å². The van der Waals surface area contributed by atoms with E-state index < -0.39 is 17.7 Å². The Morgan fingerprint density at radius 3 is 2.26 bits per heavy atom. The van der Waals surface area contributed by atoms with Gasteiger partial charge in [0.1, 0.15) is 23.1 Å². The Morgan fingerprint density at radius 2 is 1.70 bits per heavy atom. The third-order valence-electron chi connectivity index (χ3n) is 5.06. The van der Waals surface area contributed by atoms with Crippen molar-refractivity contribution < 1.29 is 23.2 Å². The Kier molecular flexibility index (Phi) is 5.91. The van der Waals surface area contributed by atoms with Gasteiger partial charge in [-0.2, -0.15) is 0 Å². The minimum Gasteiger partial charge on any atom is -0.497 e. The molecule has 7 heteroatoms. The van der Waals surface area contributed by atoms with E-state index in [9.17, 15) is 13.6 Å². The third kappa shape index (κ3) is 4.36. The van der Waals surface area contributed by atoms with E-state index in [4.69, 9.17) is 4.74 Å². The highest BCUT2D eigenvalue weighted by Gasteiger charge is 2.30. The van der Waals surface area contributed by atoms with E-state index in [1.807, 2.05) is 24.3 Å². The van der Waals surface area contributed by atoms with Crippen molar-refractivity contribution in [3.63, 3.8) is 0 Å². The van der Waals surface area contributed by atoms with Gasteiger partial charge in [-0.1, -0.05) is 6.07 Å². The topological polar surface area (TPSA) is 46.0 Å². The highest BCUT2D eigenvalue weighted by Crippen LogP contribution is 2.19. The number of carbonyl (C=O) groups excluding carboxylic acids is 1. The van der Waals surface area contributed by atoms with Crippen LogP contribution >= 0.6 is 0 Å². The predicted octanol–water partition coefficient (Wildman–Crippen LogP) is 1.71. The van der Waals surface area contributed by atoms with E-state index in [-0.39, 0.29) is 11.6 Å². The van der Waals surface area contributed by atoms with Gasteiger partial charge in [0.05, 0.1) is 33.3 Å². The molecule has 0 unspecified atom stereocenters. The highest BCUT2D eigenvalue weighted by atomic mass is 19.1. The molecule has 0 saturated carbocycles. The van der Waals surface area contributed by atoms with Crippen molar-refractivity contribution in [2.45, 2.75) is 13.0 Å². The number of rotatable bonds is 5. The number of benzene rings is 2. The minimum atomic E-state index is -0.769. The number of nitrogens with zero attached hydrogens (tertiary/aromatic N) is 1. The summed E-state index contributed by atoms with van der Waals surface area (Å²) in [4.78, 5) is 15.8. The fourth-order valence-electron chi connectivity index (χ4n) is 3.31. The summed E-state index contributed by atoms with van der Waals surface area (Å²) >= 11 is 0. The van der Waals surface area contributed by atoms with Crippen molar-refractivity contribution >= 4 is 17.3 Å². The Balaban J connectivity index is 1.57. The van der Waals surface area contributed by atoms with E-state index >= 15 is 0 Å². The first-order chi connectivity index (χ1) is 13.0. The molecule has 27 heavy (non-hydrogen) atoms. The number of anilines is 2. The molecular weight excluding hydrogens is 352 g/mol. The first kappa shape index (κ1) is 19.1. The number of para-hydroxylation sites is 1. The van der Waals surface area contributed by atoms with Crippen molar-refractivity contribution in [3.05, 3.63) is 54.1 Å². The summed E-state index contributed by atoms with van der Waals surface area (Å²) < 4.78 is 32.6. The summed E-state index contributed by atoms with van der Waals surface area (Å²) in [6, 6.07) is 11.0. The van der Waals surface area contributed by atoms with Crippen LogP contribution in [0.1, 0.15) is 6.92 Å². The molecule has 0 bridgehead atoms. The van der Waals surface area contributed by atoms with Crippen molar-refractivity contribution in [3.8, 4) is 5.75 Å². The zero-order valence-corrected chi connectivity index (χ0v) is 15.5. The Hall–Kier alpha value is -2.67. The first-order valence-electron chi connectivity index (χ1n) is 8.98. The van der Waals surface area contributed by atoms with E-state index in [2.05, 4.69) is 10.2 Å². The molecule has 2 aromatic rings. The second-order valence-electron chi connectivity index (χ2n) is 6.65. The van der Waals surface area contributed by atoms with Crippen molar-refractivity contribution in [1.29, 1.82) is 0 Å². The number of hydrogen-bond acceptors (Lipinski definition) is 3. The molecule has 1 aliphatic rings. The highest BCUT2D eigenvalue weighted by molar-refractivity contribution is 5.93. The van der Waals surface area contributed by atoms with E-state index in [1.165, 1.54) is 6.07 Å². The molecule has 0 aliphatic carbocycles. The zero-order valence-electron chi connectivity index (χ0n) is 15.5. The molecule has 0 aromatic heterocycles. The smallest absolute Gasteiger partial charge is 0.282 e. The lowest BCUT2D eigenvalue weighted by atomic mass is 10.2. The molecule has 144 valence electrons. The molecule has 1 amide bonds. The Bertz CT molecular complexity index is 770. The van der Waals surface area contributed by atoms with E-state index in [0.29, 0.717) is 0 Å². The number of amides is 1. The summed E-state index contributed by atoms with van der Waals surface area (Å²) in [7, 11) is 1.64. The maximum absolute atomic E-state index is 13.7. The van der Waals surface area contributed by atoms with Gasteiger partial charge >= 0.3 is 0 Å². The first-order valence-corrected chi connectivity index (χ1v) is 8.98. The van der Waals surface area contributed by atoms with Crippen LogP contribution in [0.3, 0.4) is 0 Å². The molecule has 1 atom stereocenters. The van der Waals surface area contributed by atoms with Crippen LogP contribution in [0.2, 0.25) is 0 Å². The second-order valence-corrected chi connectivity index (χ2v) is 6.65. The summed E-state index contributed by atoms with van der Waals surface area (Å²) in [6.45, 7) is 4.91. The van der Waals surface area contributed by atoms with Gasteiger partial charge in [-0.3, -0.25) is 4.79 Å². The molecule has 5 nitrogen and oxygen atoms in total. The molecular formula is C20H24F2N3O2+. The molecule has 0 spiro atoms. The fraction of sp³-hybridized carbons (Fsp3) is 0.350. The molecule has 1 aliphatic heterocycles. The van der Waals surface area contributed by atoms with Gasteiger partial charge in [-0.25, -0.2) is 8.78 Å². The monoisotopic (exact) mass is 376 g/mol. The van der Waals surface area contributed by atoms with Crippen LogP contribution in [0.25, 0.3) is 0 Å². The standard InChI is InChI=1S/C20H23F2N3O2/c1-14(20(26)23-19-17(21)4-3-5-18(19)22)24-10-12-25(13-11-24)15-6-8-16(27-2)9-7-15/h3-9,14H,10-13H2,1-2H3,(H,23,26)/p+1/t14-/m0/s1. The van der Waals surface area contributed by atoms with Crippen LogP contribution in [0, 0.1) is 11.6 Å². The molecule has 2 N–H and O–H groups in total. The SMILES string of the molecule is COc1ccc(N2CC[NH+]([C@@H](C)C(=O)Nc3c(F)cccc3F)CC2)cc1. The lowest BCUT2D eigenvalue weighted by Gasteiger charge is -2.36. The van der Waals surface area contributed by atoms with E-state index in [0.717, 1.165) is 54.6 Å². The van der Waals surface area contributed by atoms with Gasteiger partial charge in [-0.05, 0) is 43.3 Å². The van der Waals surface area contributed by atoms with Gasteiger partial charge in [0, 0.05) is 5.69 Å². The normalized spacial score (nSPS) is 16.1. The van der Waals surface area contributed by atoms with Crippen LogP contribution in [0.4, 0.5) is 20.2 Å². The van der Waals surface area contributed by atoms with Gasteiger partial charge < -0.3 is 19.9 Å². The van der Waals surface area contributed by atoms with Crippen molar-refractivity contribution in [1.82, 2.24) is 0 Å². The zero-order chi connectivity index (χ0) is 19.4. The number of ether oxygens (including phenoxy) is 1. The Labute approximate surface area is 157 Å². The molecule has 3 rings (SSSR count). The summed E-state index contributed by atoms with van der Waals surface area (Å²) in [6.07, 6.45) is 0. The fourth-order valence-corrected chi connectivity index (χ4v) is 3.31. The largest absolute Gasteiger partial charge is 0.497 e. The maximum Gasteiger partial charge on any atom is 0.282 e. The third-order valence-corrected chi connectivity index (χ3v) is 5.06. The summed E-state index contributed by atoms with van der Waals surface area (Å²) in [5.41, 5.74) is 0.728. The van der Waals surface area contributed by atoms with Gasteiger partial charge in [0.25, 0.3) is 5.91 Å². The predicted molar refractivity (Wildman–Crippen MR) is 100 cm³/mol. The molecule has 1 fully saturated rings. The molecule has 0 radical (unpaired) electrons. The van der Waals surface area contributed by atoms with Gasteiger partial charge in [0.2, 0.25) is 0 Å². The van der Waals surface area contributed by atoms with Gasteiger partial charge in [0.15, 0.2) is 6.04 Å². The number of carbonyl (C=O) groups is 1. The number of hydrogen-bond donors (Lipinski definition) is 2. The Morgan fingerprint density at radius 1 is 1.11 bits per heavy atom. The minimum absolute atomic E-state index is 0.383. The van der Waals surface area contributed by atoms with Gasteiger partial charge in [-0.15, -0.1) is 0 Å². The van der Waals surface area contributed by atoms with Crippen molar-refractivity contribution in [2.75, 3.05) is 43.5 Å².